The molecule has 0 spiro atoms. The van der Waals surface area contributed by atoms with Crippen molar-refractivity contribution in [2.45, 2.75) is 25.7 Å². The standard InChI is InChI=1S/C20H18ClN3O2S/c1-11-6-4-7-12(2)18(11)15-10-17(21)23-20(22-15)24-27-16-9-5-8-14(13(16)3)19(25)26/h4-10H,1-3H3,(H,25,26)(H,22,23,24). The number of carboxylic acid groups (broad SMARTS) is 1. The van der Waals surface area contributed by atoms with E-state index in [0.29, 0.717) is 16.7 Å². The van der Waals surface area contributed by atoms with E-state index in [1.165, 1.54) is 11.9 Å². The maximum absolute atomic E-state index is 11.3. The van der Waals surface area contributed by atoms with Crippen LogP contribution in [-0.4, -0.2) is 21.0 Å². The maximum atomic E-state index is 11.3. The highest BCUT2D eigenvalue weighted by molar-refractivity contribution is 8.00. The second-order valence-corrected chi connectivity index (χ2v) is 7.34. The minimum Gasteiger partial charge on any atom is -0.478 e. The lowest BCUT2D eigenvalue weighted by atomic mass is 10.00. The summed E-state index contributed by atoms with van der Waals surface area (Å²) in [5, 5.41) is 9.59. The molecule has 0 radical (unpaired) electrons. The average Bonchev–Trinajstić information content (AvgIpc) is 2.60. The van der Waals surface area contributed by atoms with E-state index in [4.69, 9.17) is 11.6 Å². The summed E-state index contributed by atoms with van der Waals surface area (Å²) in [5.74, 6) is -0.587. The summed E-state index contributed by atoms with van der Waals surface area (Å²) in [6, 6.07) is 12.9. The number of carbonyl (C=O) groups is 1. The Morgan fingerprint density at radius 2 is 1.74 bits per heavy atom. The predicted octanol–water partition coefficient (Wildman–Crippen LogP) is 5.54. The summed E-state index contributed by atoms with van der Waals surface area (Å²) in [6.45, 7) is 5.83. The Labute approximate surface area is 167 Å². The Morgan fingerprint density at radius 3 is 2.41 bits per heavy atom. The Kier molecular flexibility index (Phi) is 5.68. The highest BCUT2D eigenvalue weighted by Gasteiger charge is 2.13. The van der Waals surface area contributed by atoms with Gasteiger partial charge in [0.2, 0.25) is 5.95 Å². The fourth-order valence-corrected chi connectivity index (χ4v) is 3.75. The van der Waals surface area contributed by atoms with Gasteiger partial charge in [0.1, 0.15) is 5.15 Å². The van der Waals surface area contributed by atoms with Crippen molar-refractivity contribution in [1.29, 1.82) is 0 Å². The number of aromatic carboxylic acids is 1. The van der Waals surface area contributed by atoms with Crippen LogP contribution in [0.1, 0.15) is 27.0 Å². The molecule has 138 valence electrons. The van der Waals surface area contributed by atoms with Gasteiger partial charge < -0.3 is 5.11 Å². The van der Waals surface area contributed by atoms with E-state index in [0.717, 1.165) is 27.3 Å². The van der Waals surface area contributed by atoms with Crippen LogP contribution in [0.4, 0.5) is 5.95 Å². The molecular formula is C20H18ClN3O2S. The molecule has 7 heteroatoms. The van der Waals surface area contributed by atoms with Crippen LogP contribution in [0.2, 0.25) is 5.15 Å². The molecule has 1 heterocycles. The van der Waals surface area contributed by atoms with Crippen LogP contribution in [0.25, 0.3) is 11.3 Å². The molecular weight excluding hydrogens is 382 g/mol. The van der Waals surface area contributed by atoms with E-state index >= 15 is 0 Å². The number of aryl methyl sites for hydroxylation is 2. The zero-order valence-corrected chi connectivity index (χ0v) is 16.6. The molecule has 1 aromatic heterocycles. The van der Waals surface area contributed by atoms with Crippen molar-refractivity contribution < 1.29 is 9.90 Å². The minimum atomic E-state index is -0.953. The molecule has 0 aliphatic heterocycles. The molecule has 0 atom stereocenters. The van der Waals surface area contributed by atoms with Crippen molar-refractivity contribution in [3.05, 3.63) is 69.9 Å². The van der Waals surface area contributed by atoms with Gasteiger partial charge in [-0.1, -0.05) is 35.9 Å². The summed E-state index contributed by atoms with van der Waals surface area (Å²) in [6.07, 6.45) is 0. The normalized spacial score (nSPS) is 10.7. The number of benzene rings is 2. The molecule has 27 heavy (non-hydrogen) atoms. The second-order valence-electron chi connectivity index (χ2n) is 6.10. The quantitative estimate of drug-likeness (QED) is 0.433. The van der Waals surface area contributed by atoms with Crippen LogP contribution in [-0.2, 0) is 0 Å². The first-order valence-corrected chi connectivity index (χ1v) is 9.43. The van der Waals surface area contributed by atoms with Gasteiger partial charge in [-0.3, -0.25) is 4.72 Å². The molecule has 0 saturated heterocycles. The lowest BCUT2D eigenvalue weighted by Crippen LogP contribution is -2.02. The first-order chi connectivity index (χ1) is 12.9. The van der Waals surface area contributed by atoms with Crippen molar-refractivity contribution in [2.24, 2.45) is 0 Å². The molecule has 3 aromatic rings. The summed E-state index contributed by atoms with van der Waals surface area (Å²) >= 11 is 7.46. The zero-order chi connectivity index (χ0) is 19.6. The van der Waals surface area contributed by atoms with Gasteiger partial charge in [0.05, 0.1) is 11.3 Å². The van der Waals surface area contributed by atoms with Crippen LogP contribution in [0.3, 0.4) is 0 Å². The smallest absolute Gasteiger partial charge is 0.335 e. The number of hydrogen-bond acceptors (Lipinski definition) is 5. The fraction of sp³-hybridized carbons (Fsp3) is 0.150. The highest BCUT2D eigenvalue weighted by atomic mass is 35.5. The van der Waals surface area contributed by atoms with Gasteiger partial charge in [-0.05, 0) is 61.5 Å². The molecule has 2 N–H and O–H groups in total. The Bertz CT molecular complexity index is 1000. The van der Waals surface area contributed by atoms with Crippen molar-refractivity contribution in [3.8, 4) is 11.3 Å². The predicted molar refractivity (Wildman–Crippen MR) is 110 cm³/mol. The van der Waals surface area contributed by atoms with E-state index in [-0.39, 0.29) is 5.56 Å². The lowest BCUT2D eigenvalue weighted by molar-refractivity contribution is 0.0696. The minimum absolute atomic E-state index is 0.269. The van der Waals surface area contributed by atoms with Crippen molar-refractivity contribution >= 4 is 35.5 Å². The molecule has 0 aliphatic carbocycles. The van der Waals surface area contributed by atoms with Gasteiger partial charge >= 0.3 is 5.97 Å². The molecule has 0 fully saturated rings. The van der Waals surface area contributed by atoms with Gasteiger partial charge in [0.25, 0.3) is 0 Å². The molecule has 5 nitrogen and oxygen atoms in total. The SMILES string of the molecule is Cc1cccc(C)c1-c1cc(Cl)nc(NSc2cccc(C(=O)O)c2C)n1. The first kappa shape index (κ1) is 19.2. The summed E-state index contributed by atoms with van der Waals surface area (Å²) in [5.41, 5.74) is 4.93. The van der Waals surface area contributed by atoms with Crippen molar-refractivity contribution in [1.82, 2.24) is 9.97 Å². The number of nitrogens with zero attached hydrogens (tertiary/aromatic N) is 2. The van der Waals surface area contributed by atoms with E-state index in [9.17, 15) is 9.90 Å². The molecule has 0 unspecified atom stereocenters. The van der Waals surface area contributed by atoms with Gasteiger partial charge in [-0.2, -0.15) is 0 Å². The van der Waals surface area contributed by atoms with Gasteiger partial charge in [-0.15, -0.1) is 0 Å². The molecule has 2 aromatic carbocycles. The number of rotatable bonds is 5. The molecule has 0 aliphatic rings. The monoisotopic (exact) mass is 399 g/mol. The zero-order valence-electron chi connectivity index (χ0n) is 15.1. The fourth-order valence-electron chi connectivity index (χ4n) is 2.87. The van der Waals surface area contributed by atoms with Crippen molar-refractivity contribution in [3.63, 3.8) is 0 Å². The molecule has 0 bridgehead atoms. The lowest BCUT2D eigenvalue weighted by Gasteiger charge is -2.12. The summed E-state index contributed by atoms with van der Waals surface area (Å²) in [7, 11) is 0. The van der Waals surface area contributed by atoms with E-state index in [1.54, 1.807) is 25.1 Å². The number of anilines is 1. The van der Waals surface area contributed by atoms with Crippen LogP contribution in [0, 0.1) is 20.8 Å². The molecule has 0 saturated carbocycles. The van der Waals surface area contributed by atoms with Crippen LogP contribution >= 0.6 is 23.5 Å². The second kappa shape index (κ2) is 7.98. The van der Waals surface area contributed by atoms with E-state index in [2.05, 4.69) is 14.7 Å². The van der Waals surface area contributed by atoms with E-state index < -0.39 is 5.97 Å². The van der Waals surface area contributed by atoms with Crippen LogP contribution in [0.15, 0.2) is 47.4 Å². The van der Waals surface area contributed by atoms with Gasteiger partial charge in [0.15, 0.2) is 0 Å². The Morgan fingerprint density at radius 1 is 1.07 bits per heavy atom. The Balaban J connectivity index is 1.90. The third kappa shape index (κ3) is 4.23. The summed E-state index contributed by atoms with van der Waals surface area (Å²) in [4.78, 5) is 20.9. The number of halogens is 1. The molecule has 3 rings (SSSR count). The third-order valence-electron chi connectivity index (χ3n) is 4.20. The largest absolute Gasteiger partial charge is 0.478 e. The third-order valence-corrected chi connectivity index (χ3v) is 5.34. The first-order valence-electron chi connectivity index (χ1n) is 8.23. The number of carboxylic acids is 1. The number of nitrogens with one attached hydrogen (secondary N) is 1. The van der Waals surface area contributed by atoms with Crippen LogP contribution < -0.4 is 4.72 Å². The van der Waals surface area contributed by atoms with Gasteiger partial charge in [-0.25, -0.2) is 14.8 Å². The molecule has 0 amide bonds. The van der Waals surface area contributed by atoms with Crippen LogP contribution in [0.5, 0.6) is 0 Å². The Hall–Kier alpha value is -2.57. The average molecular weight is 400 g/mol. The van der Waals surface area contributed by atoms with Crippen molar-refractivity contribution in [2.75, 3.05) is 4.72 Å². The van der Waals surface area contributed by atoms with E-state index in [1.807, 2.05) is 38.1 Å². The highest BCUT2D eigenvalue weighted by Crippen LogP contribution is 2.30. The summed E-state index contributed by atoms with van der Waals surface area (Å²) < 4.78 is 3.07. The van der Waals surface area contributed by atoms with Gasteiger partial charge in [0, 0.05) is 16.5 Å². The number of aromatic nitrogens is 2. The number of hydrogen-bond donors (Lipinski definition) is 2. The topological polar surface area (TPSA) is 75.1 Å². The maximum Gasteiger partial charge on any atom is 0.335 e.